The summed E-state index contributed by atoms with van der Waals surface area (Å²) in [5, 5.41) is -0.250. The van der Waals surface area contributed by atoms with E-state index in [2.05, 4.69) is 16.6 Å². The molecule has 7 heteroatoms. The van der Waals surface area contributed by atoms with Gasteiger partial charge in [0, 0.05) is 34.4 Å². The van der Waals surface area contributed by atoms with E-state index in [1.165, 1.54) is 6.07 Å². The second kappa shape index (κ2) is 7.71. The Kier molecular flexibility index (Phi) is 6.55. The third-order valence-electron chi connectivity index (χ3n) is 2.94. The highest BCUT2D eigenvalue weighted by atomic mass is 32.2. The van der Waals surface area contributed by atoms with E-state index in [9.17, 15) is 12.6 Å². The van der Waals surface area contributed by atoms with Crippen molar-refractivity contribution in [2.24, 2.45) is 5.73 Å². The molecular weight excluding hydrogens is 308 g/mol. The van der Waals surface area contributed by atoms with Crippen molar-refractivity contribution in [1.29, 1.82) is 0 Å². The third-order valence-corrected chi connectivity index (χ3v) is 5.81. The lowest BCUT2D eigenvalue weighted by Crippen LogP contribution is -2.33. The Balaban J connectivity index is 3.04. The van der Waals surface area contributed by atoms with Gasteiger partial charge in [-0.05, 0) is 31.5 Å². The van der Waals surface area contributed by atoms with Gasteiger partial charge in [0.1, 0.15) is 0 Å². The van der Waals surface area contributed by atoms with E-state index in [0.717, 1.165) is 0 Å². The summed E-state index contributed by atoms with van der Waals surface area (Å²) in [7, 11) is -4.73. The fourth-order valence-electron chi connectivity index (χ4n) is 1.54. The van der Waals surface area contributed by atoms with Crippen molar-refractivity contribution in [2.45, 2.75) is 24.0 Å². The van der Waals surface area contributed by atoms with E-state index >= 15 is 0 Å². The Hall–Kier alpha value is -1.20. The minimum absolute atomic E-state index is 0.129. The zero-order chi connectivity index (χ0) is 16.0. The van der Waals surface area contributed by atoms with Crippen molar-refractivity contribution in [2.75, 3.05) is 19.3 Å². The average molecular weight is 328 g/mol. The second-order valence-corrected chi connectivity index (χ2v) is 8.18. The molecule has 0 radical (unpaired) electrons. The molecule has 0 heterocycles. The van der Waals surface area contributed by atoms with Crippen molar-refractivity contribution in [3.63, 3.8) is 0 Å². The molecular formula is C14H20N2O3S2. The fourth-order valence-corrected chi connectivity index (χ4v) is 3.37. The summed E-state index contributed by atoms with van der Waals surface area (Å²) in [5.74, 6) is 5.50. The molecule has 0 aliphatic heterocycles. The van der Waals surface area contributed by atoms with Crippen LogP contribution in [0.1, 0.15) is 18.1 Å². The van der Waals surface area contributed by atoms with Crippen molar-refractivity contribution < 1.29 is 12.6 Å². The molecule has 0 aliphatic carbocycles. The zero-order valence-electron chi connectivity index (χ0n) is 12.3. The van der Waals surface area contributed by atoms with Gasteiger partial charge in [-0.2, -0.15) is 0 Å². The number of nitrogens with two attached hydrogens (primary N) is 1. The molecule has 2 atom stereocenters. The topological polar surface area (TPSA) is 89.3 Å². The van der Waals surface area contributed by atoms with E-state index in [1.54, 1.807) is 32.2 Å². The molecule has 0 saturated carbocycles. The maximum Gasteiger partial charge on any atom is 0.240 e. The maximum atomic E-state index is 12.3. The summed E-state index contributed by atoms with van der Waals surface area (Å²) in [5.41, 5.74) is 6.53. The van der Waals surface area contributed by atoms with Gasteiger partial charge in [-0.1, -0.05) is 17.9 Å². The van der Waals surface area contributed by atoms with Crippen molar-refractivity contribution in [3.8, 4) is 11.8 Å². The van der Waals surface area contributed by atoms with Crippen LogP contribution in [0.5, 0.6) is 0 Å². The van der Waals surface area contributed by atoms with E-state index in [1.807, 2.05) is 0 Å². The normalized spacial score (nSPS) is 14.1. The number of nitrogens with one attached hydrogen (secondary N) is 1. The summed E-state index contributed by atoms with van der Waals surface area (Å²) >= 11 is 0. The molecule has 0 aromatic heterocycles. The highest BCUT2D eigenvalue weighted by Crippen LogP contribution is 2.16. The minimum Gasteiger partial charge on any atom is -0.320 e. The summed E-state index contributed by atoms with van der Waals surface area (Å²) in [6, 6.07) is 4.98. The Bertz CT molecular complexity index is 688. The lowest BCUT2D eigenvalue weighted by Gasteiger charge is -2.12. The molecule has 1 rings (SSSR count). The summed E-state index contributed by atoms with van der Waals surface area (Å²) in [6.45, 7) is 3.79. The number of benzene rings is 1. The summed E-state index contributed by atoms with van der Waals surface area (Å²) < 4.78 is 38.4. The van der Waals surface area contributed by atoms with Crippen LogP contribution in [-0.4, -0.2) is 37.2 Å². The molecule has 21 heavy (non-hydrogen) atoms. The molecule has 1 aromatic carbocycles. The van der Waals surface area contributed by atoms with Crippen LogP contribution < -0.4 is 10.5 Å². The van der Waals surface area contributed by atoms with Crippen LogP contribution in [-0.2, 0) is 20.8 Å². The molecule has 116 valence electrons. The van der Waals surface area contributed by atoms with Gasteiger partial charge >= 0.3 is 0 Å². The molecule has 5 nitrogen and oxygen atoms in total. The van der Waals surface area contributed by atoms with E-state index in [4.69, 9.17) is 5.73 Å². The molecule has 1 aromatic rings. The average Bonchev–Trinajstić information content (AvgIpc) is 2.43. The van der Waals surface area contributed by atoms with Crippen LogP contribution in [0.4, 0.5) is 0 Å². The van der Waals surface area contributed by atoms with Gasteiger partial charge < -0.3 is 5.73 Å². The Labute approximate surface area is 128 Å². The SMILES string of the molecule is Cc1ccc(C#CCN)cc1S(=O)(=O)NCC(C)S(C)=O. The van der Waals surface area contributed by atoms with Gasteiger partial charge in [0.15, 0.2) is 0 Å². The quantitative estimate of drug-likeness (QED) is 0.763. The number of hydrogen-bond donors (Lipinski definition) is 2. The van der Waals surface area contributed by atoms with Crippen LogP contribution in [0.15, 0.2) is 23.1 Å². The lowest BCUT2D eigenvalue weighted by molar-refractivity contribution is 0.580. The van der Waals surface area contributed by atoms with Crippen LogP contribution in [0, 0.1) is 18.8 Å². The summed E-state index contributed by atoms with van der Waals surface area (Å²) in [4.78, 5) is 0.181. The van der Waals surface area contributed by atoms with Crippen LogP contribution in [0.25, 0.3) is 0 Å². The first-order valence-corrected chi connectivity index (χ1v) is 9.50. The molecule has 2 unspecified atom stereocenters. The number of sulfonamides is 1. The zero-order valence-corrected chi connectivity index (χ0v) is 14.0. The Morgan fingerprint density at radius 1 is 1.43 bits per heavy atom. The van der Waals surface area contributed by atoms with Crippen molar-refractivity contribution in [1.82, 2.24) is 4.72 Å². The number of rotatable bonds is 5. The van der Waals surface area contributed by atoms with E-state index in [0.29, 0.717) is 11.1 Å². The third kappa shape index (κ3) is 5.25. The lowest BCUT2D eigenvalue weighted by atomic mass is 10.1. The minimum atomic E-state index is -3.65. The van der Waals surface area contributed by atoms with Crippen LogP contribution in [0.3, 0.4) is 0 Å². The van der Waals surface area contributed by atoms with Gasteiger partial charge in [0.25, 0.3) is 0 Å². The summed E-state index contributed by atoms with van der Waals surface area (Å²) in [6.07, 6.45) is 1.55. The molecule has 0 fully saturated rings. The Morgan fingerprint density at radius 3 is 2.67 bits per heavy atom. The fraction of sp³-hybridized carbons (Fsp3) is 0.429. The standard InChI is InChI=1S/C14H20N2O3S2/c1-11-6-7-13(5-4-8-15)9-14(11)21(18,19)16-10-12(2)20(3)17/h6-7,9,12,16H,8,10,15H2,1-3H3. The van der Waals surface area contributed by atoms with Crippen molar-refractivity contribution >= 4 is 20.8 Å². The second-order valence-electron chi connectivity index (χ2n) is 4.65. The monoisotopic (exact) mass is 328 g/mol. The first-order valence-electron chi connectivity index (χ1n) is 6.39. The van der Waals surface area contributed by atoms with Gasteiger partial charge in [-0.15, -0.1) is 0 Å². The molecule has 0 saturated heterocycles. The van der Waals surface area contributed by atoms with Crippen molar-refractivity contribution in [3.05, 3.63) is 29.3 Å². The maximum absolute atomic E-state index is 12.3. The highest BCUT2D eigenvalue weighted by Gasteiger charge is 2.18. The Morgan fingerprint density at radius 2 is 2.10 bits per heavy atom. The molecule has 3 N–H and O–H groups in total. The van der Waals surface area contributed by atoms with Gasteiger partial charge in [0.05, 0.1) is 11.4 Å². The van der Waals surface area contributed by atoms with Crippen LogP contribution in [0.2, 0.25) is 0 Å². The first kappa shape index (κ1) is 17.9. The van der Waals surface area contributed by atoms with E-state index < -0.39 is 20.8 Å². The van der Waals surface area contributed by atoms with Gasteiger partial charge in [-0.25, -0.2) is 13.1 Å². The predicted molar refractivity (Wildman–Crippen MR) is 85.8 cm³/mol. The predicted octanol–water partition coefficient (Wildman–Crippen LogP) is 0.351. The van der Waals surface area contributed by atoms with Gasteiger partial charge in [-0.3, -0.25) is 4.21 Å². The smallest absolute Gasteiger partial charge is 0.240 e. The molecule has 0 aliphatic rings. The van der Waals surface area contributed by atoms with E-state index in [-0.39, 0.29) is 23.2 Å². The first-order chi connectivity index (χ1) is 9.77. The van der Waals surface area contributed by atoms with Crippen LogP contribution >= 0.6 is 0 Å². The number of hydrogen-bond acceptors (Lipinski definition) is 4. The molecule has 0 spiro atoms. The van der Waals surface area contributed by atoms with Gasteiger partial charge in [0.2, 0.25) is 10.0 Å². The number of aryl methyl sites for hydroxylation is 1. The molecule has 0 bridgehead atoms. The largest absolute Gasteiger partial charge is 0.320 e. The highest BCUT2D eigenvalue weighted by molar-refractivity contribution is 7.89. The molecule has 0 amide bonds.